The molecule has 4 N–H and O–H groups in total. The maximum absolute atomic E-state index is 8.70. The first-order valence-corrected chi connectivity index (χ1v) is 6.91. The first-order valence-electron chi connectivity index (χ1n) is 6.91. The van der Waals surface area contributed by atoms with E-state index in [9.17, 15) is 0 Å². The van der Waals surface area contributed by atoms with E-state index in [1.54, 1.807) is 0 Å². The molecule has 1 aliphatic rings. The fourth-order valence-electron chi connectivity index (χ4n) is 2.63. The molecule has 16 heavy (non-hydrogen) atoms. The average Bonchev–Trinajstić information content (AvgIpc) is 2.34. The Morgan fingerprint density at radius 1 is 1.19 bits per heavy atom. The molecular weight excluding hydrogens is 200 g/mol. The monoisotopic (exact) mass is 228 g/mol. The van der Waals surface area contributed by atoms with Gasteiger partial charge in [0.1, 0.15) is 0 Å². The van der Waals surface area contributed by atoms with Crippen LogP contribution in [0.1, 0.15) is 51.4 Å². The lowest BCUT2D eigenvalue weighted by Gasteiger charge is -2.26. The Morgan fingerprint density at radius 2 is 1.94 bits per heavy atom. The highest BCUT2D eigenvalue weighted by atomic mass is 16.2. The van der Waals surface area contributed by atoms with Gasteiger partial charge < -0.3 is 16.2 Å². The van der Waals surface area contributed by atoms with E-state index >= 15 is 0 Å². The molecule has 1 atom stereocenters. The molecule has 0 aromatic heterocycles. The van der Waals surface area contributed by atoms with Crippen molar-refractivity contribution in [1.29, 1.82) is 0 Å². The zero-order chi connectivity index (χ0) is 11.6. The van der Waals surface area contributed by atoms with Crippen LogP contribution >= 0.6 is 0 Å². The number of unbranched alkanes of at least 4 members (excludes halogenated alkanes) is 1. The number of nitrogens with two attached hydrogens (primary N) is 1. The number of hydrogen-bond donors (Lipinski definition) is 3. The molecule has 3 nitrogen and oxygen atoms in total. The van der Waals surface area contributed by atoms with Crippen molar-refractivity contribution in [2.75, 3.05) is 19.7 Å². The standard InChI is InChI=1S/C13H28N2O/c14-11-13(15-8-4-5-9-16)10-12-6-2-1-3-7-12/h12-13,15-16H,1-11,14H2. The van der Waals surface area contributed by atoms with E-state index in [1.165, 1.54) is 38.5 Å². The van der Waals surface area contributed by atoms with Gasteiger partial charge in [-0.2, -0.15) is 0 Å². The van der Waals surface area contributed by atoms with Gasteiger partial charge in [0.2, 0.25) is 0 Å². The second-order valence-corrected chi connectivity index (χ2v) is 5.06. The maximum Gasteiger partial charge on any atom is 0.0431 e. The van der Waals surface area contributed by atoms with Gasteiger partial charge in [-0.1, -0.05) is 32.1 Å². The summed E-state index contributed by atoms with van der Waals surface area (Å²) >= 11 is 0. The normalized spacial score (nSPS) is 19.9. The Morgan fingerprint density at radius 3 is 2.56 bits per heavy atom. The minimum Gasteiger partial charge on any atom is -0.396 e. The summed E-state index contributed by atoms with van der Waals surface area (Å²) in [7, 11) is 0. The van der Waals surface area contributed by atoms with Crippen LogP contribution in [0.2, 0.25) is 0 Å². The van der Waals surface area contributed by atoms with Crippen LogP contribution in [0, 0.1) is 5.92 Å². The van der Waals surface area contributed by atoms with Crippen LogP contribution in [0.15, 0.2) is 0 Å². The zero-order valence-corrected chi connectivity index (χ0v) is 10.5. The molecule has 0 amide bonds. The molecule has 1 saturated carbocycles. The molecule has 0 aliphatic heterocycles. The van der Waals surface area contributed by atoms with Gasteiger partial charge in [0.05, 0.1) is 0 Å². The molecule has 0 bridgehead atoms. The summed E-state index contributed by atoms with van der Waals surface area (Å²) in [6.45, 7) is 2.04. The Bertz CT molecular complexity index is 158. The molecule has 3 heteroatoms. The van der Waals surface area contributed by atoms with Gasteiger partial charge in [-0.05, 0) is 31.7 Å². The van der Waals surface area contributed by atoms with E-state index in [1.807, 2.05) is 0 Å². The average molecular weight is 228 g/mol. The molecule has 1 rings (SSSR count). The van der Waals surface area contributed by atoms with Crippen LogP contribution in [0.25, 0.3) is 0 Å². The van der Waals surface area contributed by atoms with Gasteiger partial charge in [0, 0.05) is 19.2 Å². The van der Waals surface area contributed by atoms with Gasteiger partial charge in [-0.25, -0.2) is 0 Å². The molecule has 0 saturated heterocycles. The highest BCUT2D eigenvalue weighted by Gasteiger charge is 2.17. The summed E-state index contributed by atoms with van der Waals surface area (Å²) in [4.78, 5) is 0. The van der Waals surface area contributed by atoms with Crippen molar-refractivity contribution < 1.29 is 5.11 Å². The summed E-state index contributed by atoms with van der Waals surface area (Å²) in [6, 6.07) is 0.488. The second-order valence-electron chi connectivity index (χ2n) is 5.06. The van der Waals surface area contributed by atoms with Crippen molar-refractivity contribution in [3.8, 4) is 0 Å². The largest absolute Gasteiger partial charge is 0.396 e. The van der Waals surface area contributed by atoms with Gasteiger partial charge in [-0.3, -0.25) is 0 Å². The number of aliphatic hydroxyl groups is 1. The van der Waals surface area contributed by atoms with Crippen LogP contribution in [-0.2, 0) is 0 Å². The van der Waals surface area contributed by atoms with Crippen molar-refractivity contribution in [3.63, 3.8) is 0 Å². The minimum atomic E-state index is 0.303. The molecule has 0 aromatic carbocycles. The van der Waals surface area contributed by atoms with Crippen molar-refractivity contribution in [2.45, 2.75) is 57.4 Å². The zero-order valence-electron chi connectivity index (χ0n) is 10.5. The van der Waals surface area contributed by atoms with Crippen LogP contribution in [-0.4, -0.2) is 30.8 Å². The maximum atomic E-state index is 8.70. The quantitative estimate of drug-likeness (QED) is 0.554. The summed E-state index contributed by atoms with van der Waals surface area (Å²) < 4.78 is 0. The Balaban J connectivity index is 2.09. The molecule has 0 heterocycles. The summed E-state index contributed by atoms with van der Waals surface area (Å²) in [5.41, 5.74) is 5.79. The molecule has 0 radical (unpaired) electrons. The van der Waals surface area contributed by atoms with Gasteiger partial charge in [-0.15, -0.1) is 0 Å². The van der Waals surface area contributed by atoms with Crippen molar-refractivity contribution in [1.82, 2.24) is 5.32 Å². The third kappa shape index (κ3) is 5.83. The summed E-state index contributed by atoms with van der Waals surface area (Å²) in [5.74, 6) is 0.896. The van der Waals surface area contributed by atoms with Crippen molar-refractivity contribution in [2.24, 2.45) is 11.7 Å². The number of nitrogens with one attached hydrogen (secondary N) is 1. The van der Waals surface area contributed by atoms with Crippen molar-refractivity contribution in [3.05, 3.63) is 0 Å². The Hall–Kier alpha value is -0.120. The van der Waals surface area contributed by atoms with Gasteiger partial charge in [0.15, 0.2) is 0 Å². The predicted octanol–water partition coefficient (Wildman–Crippen LogP) is 1.65. The summed E-state index contributed by atoms with van der Waals surface area (Å²) in [5, 5.41) is 12.2. The van der Waals surface area contributed by atoms with Crippen LogP contribution in [0.3, 0.4) is 0 Å². The lowest BCUT2D eigenvalue weighted by molar-refractivity contribution is 0.276. The highest BCUT2D eigenvalue weighted by Crippen LogP contribution is 2.27. The van der Waals surface area contributed by atoms with Gasteiger partial charge >= 0.3 is 0 Å². The molecular formula is C13H28N2O. The van der Waals surface area contributed by atoms with Crippen molar-refractivity contribution >= 4 is 0 Å². The molecule has 96 valence electrons. The smallest absolute Gasteiger partial charge is 0.0431 e. The lowest BCUT2D eigenvalue weighted by Crippen LogP contribution is -2.38. The third-order valence-electron chi connectivity index (χ3n) is 3.65. The van der Waals surface area contributed by atoms with Gasteiger partial charge in [0.25, 0.3) is 0 Å². The third-order valence-corrected chi connectivity index (χ3v) is 3.65. The lowest BCUT2D eigenvalue weighted by atomic mass is 9.85. The molecule has 0 spiro atoms. The van der Waals surface area contributed by atoms with E-state index < -0.39 is 0 Å². The molecule has 1 fully saturated rings. The van der Waals surface area contributed by atoms with E-state index in [0.717, 1.165) is 31.8 Å². The first-order chi connectivity index (χ1) is 7.86. The van der Waals surface area contributed by atoms with Crippen LogP contribution in [0.4, 0.5) is 0 Å². The van der Waals surface area contributed by atoms with E-state index in [0.29, 0.717) is 12.6 Å². The fourth-order valence-corrected chi connectivity index (χ4v) is 2.63. The number of rotatable bonds is 8. The molecule has 1 aliphatic carbocycles. The fraction of sp³-hybridized carbons (Fsp3) is 1.00. The second kappa shape index (κ2) is 8.97. The highest BCUT2D eigenvalue weighted by molar-refractivity contribution is 4.75. The first kappa shape index (κ1) is 13.9. The van der Waals surface area contributed by atoms with Crippen LogP contribution < -0.4 is 11.1 Å². The SMILES string of the molecule is NCC(CC1CCCCC1)NCCCCO. The van der Waals surface area contributed by atoms with E-state index in [-0.39, 0.29) is 0 Å². The van der Waals surface area contributed by atoms with Crippen LogP contribution in [0.5, 0.6) is 0 Å². The number of aliphatic hydroxyl groups excluding tert-OH is 1. The molecule has 0 aromatic rings. The van der Waals surface area contributed by atoms with E-state index in [4.69, 9.17) is 10.8 Å². The Labute approximate surface area is 99.8 Å². The minimum absolute atomic E-state index is 0.303. The predicted molar refractivity (Wildman–Crippen MR) is 68.4 cm³/mol. The number of hydrogen-bond acceptors (Lipinski definition) is 3. The molecule has 1 unspecified atom stereocenters. The van der Waals surface area contributed by atoms with E-state index in [2.05, 4.69) is 5.32 Å². The Kier molecular flexibility index (Phi) is 7.81. The summed E-state index contributed by atoms with van der Waals surface area (Å²) in [6.07, 6.45) is 10.2. The topological polar surface area (TPSA) is 58.3 Å².